The molecule has 6 heteroatoms. The molecule has 0 fully saturated rings. The van der Waals surface area contributed by atoms with Gasteiger partial charge in [0.2, 0.25) is 12.4 Å². The van der Waals surface area contributed by atoms with Gasteiger partial charge < -0.3 is 19.9 Å². The largest absolute Gasteiger partial charge is 0.480 e. The number of aliphatic hydroxyl groups is 1. The number of cyclic esters (lactones) is 1. The van der Waals surface area contributed by atoms with E-state index in [0.717, 1.165) is 0 Å². The summed E-state index contributed by atoms with van der Waals surface area (Å²) in [7, 11) is 0. The van der Waals surface area contributed by atoms with Crippen molar-refractivity contribution >= 4 is 17.6 Å². The van der Waals surface area contributed by atoms with Gasteiger partial charge in [0, 0.05) is 5.69 Å². The monoisotopic (exact) mass is 235 g/mol. The van der Waals surface area contributed by atoms with Crippen LogP contribution in [-0.4, -0.2) is 23.8 Å². The fourth-order valence-electron chi connectivity index (χ4n) is 1.28. The van der Waals surface area contributed by atoms with Crippen LogP contribution in [0, 0.1) is 0 Å². The Morgan fingerprint density at radius 1 is 1.24 bits per heavy atom. The van der Waals surface area contributed by atoms with Gasteiger partial charge in [-0.3, -0.25) is 4.79 Å². The molecule has 0 unspecified atom stereocenters. The van der Waals surface area contributed by atoms with E-state index in [2.05, 4.69) is 14.8 Å². The topological polar surface area (TPSA) is 84.9 Å². The summed E-state index contributed by atoms with van der Waals surface area (Å²) in [6.07, 6.45) is 0. The van der Waals surface area contributed by atoms with Crippen LogP contribution < -0.4 is 5.32 Å². The van der Waals surface area contributed by atoms with Gasteiger partial charge in [0.15, 0.2) is 0 Å². The number of aliphatic hydroxyl groups excluding tert-OH is 1. The Morgan fingerprint density at radius 3 is 2.59 bits per heavy atom. The molecule has 0 atom stereocenters. The lowest BCUT2D eigenvalue weighted by Crippen LogP contribution is -2.28. The Kier molecular flexibility index (Phi) is 2.95. The van der Waals surface area contributed by atoms with Crippen LogP contribution in [0.3, 0.4) is 0 Å². The van der Waals surface area contributed by atoms with E-state index in [1.165, 1.54) is 0 Å². The van der Waals surface area contributed by atoms with Crippen LogP contribution in [0.15, 0.2) is 41.9 Å². The normalized spacial score (nSPS) is 14.9. The highest BCUT2D eigenvalue weighted by molar-refractivity contribution is 6.21. The van der Waals surface area contributed by atoms with E-state index in [9.17, 15) is 14.7 Å². The number of para-hydroxylation sites is 1. The molecule has 0 aromatic heterocycles. The van der Waals surface area contributed by atoms with Crippen molar-refractivity contribution < 1.29 is 24.2 Å². The van der Waals surface area contributed by atoms with E-state index in [1.807, 2.05) is 0 Å². The SMILES string of the molecule is O=C(Nc1ccccc1)C1=C(O)OCOC1=O. The van der Waals surface area contributed by atoms with Gasteiger partial charge in [-0.05, 0) is 12.1 Å². The molecule has 1 aromatic carbocycles. The molecule has 6 nitrogen and oxygen atoms in total. The summed E-state index contributed by atoms with van der Waals surface area (Å²) in [4.78, 5) is 22.9. The van der Waals surface area contributed by atoms with E-state index in [1.54, 1.807) is 30.3 Å². The highest BCUT2D eigenvalue weighted by atomic mass is 16.7. The minimum absolute atomic E-state index is 0.396. The molecule has 0 radical (unpaired) electrons. The molecular formula is C11H9NO5. The van der Waals surface area contributed by atoms with Gasteiger partial charge in [0.1, 0.15) is 0 Å². The van der Waals surface area contributed by atoms with E-state index >= 15 is 0 Å². The summed E-state index contributed by atoms with van der Waals surface area (Å²) < 4.78 is 9.03. The highest BCUT2D eigenvalue weighted by Gasteiger charge is 2.30. The third kappa shape index (κ3) is 2.36. The Morgan fingerprint density at radius 2 is 1.94 bits per heavy atom. The molecule has 1 aliphatic heterocycles. The van der Waals surface area contributed by atoms with Crippen LogP contribution in [0.5, 0.6) is 0 Å². The molecule has 17 heavy (non-hydrogen) atoms. The molecule has 0 bridgehead atoms. The number of benzene rings is 1. The molecule has 2 rings (SSSR count). The van der Waals surface area contributed by atoms with Crippen molar-refractivity contribution in [2.45, 2.75) is 0 Å². The maximum atomic E-state index is 11.7. The fraction of sp³-hybridized carbons (Fsp3) is 0.0909. The average molecular weight is 235 g/mol. The standard InChI is InChI=1S/C11H9NO5/c13-9(12-7-4-2-1-3-5-7)8-10(14)16-6-17-11(8)15/h1-5,14H,6H2,(H,12,13). The van der Waals surface area contributed by atoms with Gasteiger partial charge in [0.25, 0.3) is 5.91 Å². The smallest absolute Gasteiger partial charge is 0.354 e. The summed E-state index contributed by atoms with van der Waals surface area (Å²) >= 11 is 0. The van der Waals surface area contributed by atoms with Crippen LogP contribution in [0.25, 0.3) is 0 Å². The molecule has 1 amide bonds. The number of esters is 1. The van der Waals surface area contributed by atoms with Crippen molar-refractivity contribution in [1.82, 2.24) is 0 Å². The quantitative estimate of drug-likeness (QED) is 0.588. The number of carbonyl (C=O) groups excluding carboxylic acids is 2. The zero-order valence-corrected chi connectivity index (χ0v) is 8.67. The lowest BCUT2D eigenvalue weighted by molar-refractivity contribution is -0.159. The van der Waals surface area contributed by atoms with E-state index < -0.39 is 30.2 Å². The van der Waals surface area contributed by atoms with Crippen LogP contribution in [0.2, 0.25) is 0 Å². The van der Waals surface area contributed by atoms with E-state index in [4.69, 9.17) is 0 Å². The number of amides is 1. The van der Waals surface area contributed by atoms with Gasteiger partial charge in [-0.15, -0.1) is 0 Å². The van der Waals surface area contributed by atoms with E-state index in [0.29, 0.717) is 5.69 Å². The zero-order valence-electron chi connectivity index (χ0n) is 8.67. The Hall–Kier alpha value is -2.50. The number of carbonyl (C=O) groups is 2. The number of hydrogen-bond acceptors (Lipinski definition) is 5. The van der Waals surface area contributed by atoms with Crippen LogP contribution in [0.4, 0.5) is 5.69 Å². The Labute approximate surface area is 96.5 Å². The molecule has 1 heterocycles. The summed E-state index contributed by atoms with van der Waals surface area (Å²) in [5.41, 5.74) is -0.0451. The maximum absolute atomic E-state index is 11.7. The van der Waals surface area contributed by atoms with Gasteiger partial charge in [-0.1, -0.05) is 18.2 Å². The second-order valence-corrected chi connectivity index (χ2v) is 3.19. The molecule has 88 valence electrons. The number of anilines is 1. The van der Waals surface area contributed by atoms with E-state index in [-0.39, 0.29) is 0 Å². The molecule has 2 N–H and O–H groups in total. The first-order valence-electron chi connectivity index (χ1n) is 4.78. The van der Waals surface area contributed by atoms with Crippen LogP contribution >= 0.6 is 0 Å². The third-order valence-electron chi connectivity index (χ3n) is 2.06. The Balaban J connectivity index is 2.18. The van der Waals surface area contributed by atoms with Gasteiger partial charge in [-0.25, -0.2) is 4.79 Å². The van der Waals surface area contributed by atoms with Crippen molar-refractivity contribution in [3.8, 4) is 0 Å². The summed E-state index contributed by atoms with van der Waals surface area (Å²) in [6, 6.07) is 8.51. The molecule has 0 aliphatic carbocycles. The summed E-state index contributed by atoms with van der Waals surface area (Å²) in [5.74, 6) is -2.42. The predicted octanol–water partition coefficient (Wildman–Crippen LogP) is 0.926. The number of hydrogen-bond donors (Lipinski definition) is 2. The molecule has 0 saturated carbocycles. The average Bonchev–Trinajstić information content (AvgIpc) is 2.30. The first-order chi connectivity index (χ1) is 8.18. The number of ether oxygens (including phenoxy) is 2. The Bertz CT molecular complexity index is 480. The van der Waals surface area contributed by atoms with Crippen molar-refractivity contribution in [2.24, 2.45) is 0 Å². The molecule has 1 aliphatic rings. The maximum Gasteiger partial charge on any atom is 0.354 e. The molecular weight excluding hydrogens is 226 g/mol. The minimum atomic E-state index is -0.915. The van der Waals surface area contributed by atoms with Crippen LogP contribution in [0.1, 0.15) is 0 Å². The van der Waals surface area contributed by atoms with Gasteiger partial charge in [-0.2, -0.15) is 0 Å². The zero-order chi connectivity index (χ0) is 12.3. The van der Waals surface area contributed by atoms with Crippen molar-refractivity contribution in [3.63, 3.8) is 0 Å². The fourth-order valence-corrected chi connectivity index (χ4v) is 1.28. The third-order valence-corrected chi connectivity index (χ3v) is 2.06. The van der Waals surface area contributed by atoms with Gasteiger partial charge >= 0.3 is 11.9 Å². The highest BCUT2D eigenvalue weighted by Crippen LogP contribution is 2.15. The minimum Gasteiger partial charge on any atom is -0.480 e. The number of nitrogens with one attached hydrogen (secondary N) is 1. The van der Waals surface area contributed by atoms with Crippen molar-refractivity contribution in [1.29, 1.82) is 0 Å². The lowest BCUT2D eigenvalue weighted by Gasteiger charge is -2.15. The van der Waals surface area contributed by atoms with Crippen molar-refractivity contribution in [3.05, 3.63) is 41.9 Å². The predicted molar refractivity (Wildman–Crippen MR) is 56.8 cm³/mol. The second-order valence-electron chi connectivity index (χ2n) is 3.19. The summed E-state index contributed by atoms with van der Waals surface area (Å²) in [5, 5.41) is 11.7. The lowest BCUT2D eigenvalue weighted by atomic mass is 10.2. The molecule has 0 saturated heterocycles. The second kappa shape index (κ2) is 4.56. The van der Waals surface area contributed by atoms with Crippen molar-refractivity contribution in [2.75, 3.05) is 12.1 Å². The van der Waals surface area contributed by atoms with Gasteiger partial charge in [0.05, 0.1) is 0 Å². The first kappa shape index (κ1) is 11.0. The first-order valence-corrected chi connectivity index (χ1v) is 4.78. The number of rotatable bonds is 2. The molecule has 0 spiro atoms. The van der Waals surface area contributed by atoms with Crippen LogP contribution in [-0.2, 0) is 19.1 Å². The molecule has 1 aromatic rings. The summed E-state index contributed by atoms with van der Waals surface area (Å²) in [6.45, 7) is -0.396.